The Kier molecular flexibility index (Phi) is 4.07. The molecule has 0 aliphatic carbocycles. The zero-order valence-electron chi connectivity index (χ0n) is 10.6. The molecule has 1 saturated heterocycles. The summed E-state index contributed by atoms with van der Waals surface area (Å²) in [7, 11) is 0. The summed E-state index contributed by atoms with van der Waals surface area (Å²) in [6, 6.07) is 8.38. The van der Waals surface area contributed by atoms with Gasteiger partial charge in [-0.2, -0.15) is 0 Å². The maximum atomic E-state index is 11.4. The van der Waals surface area contributed by atoms with Crippen LogP contribution < -0.4 is 0 Å². The zero-order valence-corrected chi connectivity index (χ0v) is 12.2. The third-order valence-electron chi connectivity index (χ3n) is 3.67. The van der Waals surface area contributed by atoms with Crippen molar-refractivity contribution >= 4 is 21.9 Å². The van der Waals surface area contributed by atoms with Crippen molar-refractivity contribution < 1.29 is 9.90 Å². The van der Waals surface area contributed by atoms with Crippen LogP contribution in [0.4, 0.5) is 0 Å². The first-order valence-electron chi connectivity index (χ1n) is 6.21. The first-order valence-corrected chi connectivity index (χ1v) is 7.00. The van der Waals surface area contributed by atoms with Crippen molar-refractivity contribution in [3.63, 3.8) is 0 Å². The molecule has 18 heavy (non-hydrogen) atoms. The average molecular weight is 312 g/mol. The van der Waals surface area contributed by atoms with Gasteiger partial charge in [-0.1, -0.05) is 28.1 Å². The van der Waals surface area contributed by atoms with Gasteiger partial charge >= 0.3 is 5.97 Å². The van der Waals surface area contributed by atoms with Crippen molar-refractivity contribution in [2.24, 2.45) is 5.92 Å². The molecule has 98 valence electrons. The molecule has 1 aromatic rings. The van der Waals surface area contributed by atoms with Crippen LogP contribution in [0.15, 0.2) is 28.7 Å². The smallest absolute Gasteiger partial charge is 0.308 e. The predicted molar refractivity (Wildman–Crippen MR) is 74.7 cm³/mol. The van der Waals surface area contributed by atoms with Gasteiger partial charge in [-0.25, -0.2) is 0 Å². The van der Waals surface area contributed by atoms with Gasteiger partial charge in [-0.3, -0.25) is 9.69 Å². The second-order valence-electron chi connectivity index (χ2n) is 5.15. The van der Waals surface area contributed by atoms with Crippen LogP contribution in [0.1, 0.15) is 25.3 Å². The topological polar surface area (TPSA) is 40.5 Å². The normalized spacial score (nSPS) is 24.7. The number of nitrogens with zero attached hydrogens (tertiary/aromatic N) is 1. The van der Waals surface area contributed by atoms with Gasteiger partial charge in [0, 0.05) is 29.5 Å². The van der Waals surface area contributed by atoms with Crippen molar-refractivity contribution in [1.82, 2.24) is 4.90 Å². The summed E-state index contributed by atoms with van der Waals surface area (Å²) >= 11 is 3.45. The van der Waals surface area contributed by atoms with E-state index in [2.05, 4.69) is 34.7 Å². The van der Waals surface area contributed by atoms with Crippen LogP contribution in [0, 0.1) is 5.92 Å². The Labute approximate surface area is 116 Å². The summed E-state index contributed by atoms with van der Waals surface area (Å²) in [6.45, 7) is 5.69. The molecule has 0 aromatic heterocycles. The molecule has 0 radical (unpaired) electrons. The van der Waals surface area contributed by atoms with E-state index in [1.807, 2.05) is 24.3 Å². The van der Waals surface area contributed by atoms with Gasteiger partial charge in [-0.05, 0) is 31.5 Å². The number of halogens is 1. The molecule has 1 aromatic carbocycles. The maximum Gasteiger partial charge on any atom is 0.308 e. The largest absolute Gasteiger partial charge is 0.481 e. The SMILES string of the molecule is CC(C)N1CC(C(=O)O)C(c2cccc(Br)c2)C1. The molecule has 4 heteroatoms. The number of rotatable bonds is 3. The minimum Gasteiger partial charge on any atom is -0.481 e. The second-order valence-corrected chi connectivity index (χ2v) is 6.07. The number of aliphatic carboxylic acids is 1. The Morgan fingerprint density at radius 3 is 2.72 bits per heavy atom. The van der Waals surface area contributed by atoms with E-state index in [0.717, 1.165) is 16.6 Å². The third kappa shape index (κ3) is 2.75. The van der Waals surface area contributed by atoms with Crippen LogP contribution in [0.25, 0.3) is 0 Å². The number of likely N-dealkylation sites (tertiary alicyclic amines) is 1. The summed E-state index contributed by atoms with van der Waals surface area (Å²) < 4.78 is 1.01. The second kappa shape index (κ2) is 5.41. The quantitative estimate of drug-likeness (QED) is 0.933. The Bertz CT molecular complexity index is 447. The van der Waals surface area contributed by atoms with Crippen LogP contribution in [0.5, 0.6) is 0 Å². The number of carboxylic acids is 1. The molecule has 1 heterocycles. The van der Waals surface area contributed by atoms with Crippen LogP contribution >= 0.6 is 15.9 Å². The summed E-state index contributed by atoms with van der Waals surface area (Å²) in [5.41, 5.74) is 1.11. The Balaban J connectivity index is 2.27. The minimum atomic E-state index is -0.692. The lowest BCUT2D eigenvalue weighted by molar-refractivity contribution is -0.141. The van der Waals surface area contributed by atoms with Gasteiger partial charge in [0.2, 0.25) is 0 Å². The van der Waals surface area contributed by atoms with E-state index >= 15 is 0 Å². The van der Waals surface area contributed by atoms with Crippen molar-refractivity contribution in [3.8, 4) is 0 Å². The van der Waals surface area contributed by atoms with Gasteiger partial charge in [0.15, 0.2) is 0 Å². The minimum absolute atomic E-state index is 0.0856. The molecule has 2 rings (SSSR count). The highest BCUT2D eigenvalue weighted by Crippen LogP contribution is 2.34. The summed E-state index contributed by atoms with van der Waals surface area (Å²) in [4.78, 5) is 13.6. The van der Waals surface area contributed by atoms with Gasteiger partial charge in [0.05, 0.1) is 5.92 Å². The lowest BCUT2D eigenvalue weighted by atomic mass is 9.89. The van der Waals surface area contributed by atoms with Crippen molar-refractivity contribution in [1.29, 1.82) is 0 Å². The predicted octanol–water partition coefficient (Wildman–Crippen LogP) is 2.96. The highest BCUT2D eigenvalue weighted by atomic mass is 79.9. The highest BCUT2D eigenvalue weighted by molar-refractivity contribution is 9.10. The summed E-state index contributed by atoms with van der Waals surface area (Å²) in [6.07, 6.45) is 0. The van der Waals surface area contributed by atoms with Crippen molar-refractivity contribution in [2.45, 2.75) is 25.8 Å². The maximum absolute atomic E-state index is 11.4. The lowest BCUT2D eigenvalue weighted by Crippen LogP contribution is -2.29. The van der Waals surface area contributed by atoms with Crippen molar-refractivity contribution in [2.75, 3.05) is 13.1 Å². The molecule has 1 aliphatic heterocycles. The highest BCUT2D eigenvalue weighted by Gasteiger charge is 2.39. The lowest BCUT2D eigenvalue weighted by Gasteiger charge is -2.20. The molecule has 0 bridgehead atoms. The van der Waals surface area contributed by atoms with E-state index in [4.69, 9.17) is 0 Å². The Hall–Kier alpha value is -0.870. The molecular formula is C14H18BrNO2. The first-order chi connectivity index (χ1) is 8.49. The van der Waals surface area contributed by atoms with E-state index in [-0.39, 0.29) is 11.8 Å². The summed E-state index contributed by atoms with van der Waals surface area (Å²) in [5, 5.41) is 9.38. The monoisotopic (exact) mass is 311 g/mol. The third-order valence-corrected chi connectivity index (χ3v) is 4.17. The van der Waals surface area contributed by atoms with E-state index in [1.165, 1.54) is 0 Å². The standard InChI is InChI=1S/C14H18BrNO2/c1-9(2)16-7-12(13(8-16)14(17)18)10-4-3-5-11(15)6-10/h3-6,9,12-13H,7-8H2,1-2H3,(H,17,18). The first kappa shape index (κ1) is 13.6. The molecule has 1 aliphatic rings. The van der Waals surface area contributed by atoms with E-state index < -0.39 is 5.97 Å². The number of carbonyl (C=O) groups is 1. The van der Waals surface area contributed by atoms with E-state index in [1.54, 1.807) is 0 Å². The molecule has 2 unspecified atom stereocenters. The van der Waals surface area contributed by atoms with Crippen LogP contribution in [0.3, 0.4) is 0 Å². The fourth-order valence-electron chi connectivity index (χ4n) is 2.58. The van der Waals surface area contributed by atoms with Crippen LogP contribution in [0.2, 0.25) is 0 Å². The molecular weight excluding hydrogens is 294 g/mol. The van der Waals surface area contributed by atoms with Crippen LogP contribution in [-0.2, 0) is 4.79 Å². The zero-order chi connectivity index (χ0) is 13.3. The van der Waals surface area contributed by atoms with Gasteiger partial charge in [-0.15, -0.1) is 0 Å². The average Bonchev–Trinajstić information content (AvgIpc) is 2.73. The van der Waals surface area contributed by atoms with Gasteiger partial charge < -0.3 is 5.11 Å². The molecule has 0 spiro atoms. The number of hydrogen-bond donors (Lipinski definition) is 1. The van der Waals surface area contributed by atoms with Crippen LogP contribution in [-0.4, -0.2) is 35.1 Å². The van der Waals surface area contributed by atoms with E-state index in [9.17, 15) is 9.90 Å². The molecule has 1 N–H and O–H groups in total. The van der Waals surface area contributed by atoms with Crippen molar-refractivity contribution in [3.05, 3.63) is 34.3 Å². The fourth-order valence-corrected chi connectivity index (χ4v) is 3.00. The molecule has 1 fully saturated rings. The molecule has 3 nitrogen and oxygen atoms in total. The number of benzene rings is 1. The number of carboxylic acid groups (broad SMARTS) is 1. The molecule has 2 atom stereocenters. The van der Waals surface area contributed by atoms with E-state index in [0.29, 0.717) is 12.6 Å². The summed E-state index contributed by atoms with van der Waals surface area (Å²) in [5.74, 6) is -0.910. The van der Waals surface area contributed by atoms with Gasteiger partial charge in [0.1, 0.15) is 0 Å². The number of hydrogen-bond acceptors (Lipinski definition) is 2. The Morgan fingerprint density at radius 1 is 1.44 bits per heavy atom. The Morgan fingerprint density at radius 2 is 2.17 bits per heavy atom. The fraction of sp³-hybridized carbons (Fsp3) is 0.500. The van der Waals surface area contributed by atoms with Gasteiger partial charge in [0.25, 0.3) is 0 Å². The molecule has 0 saturated carbocycles. The molecule has 0 amide bonds.